The van der Waals surface area contributed by atoms with Gasteiger partial charge in [-0.15, -0.1) is 0 Å². The van der Waals surface area contributed by atoms with E-state index in [1.165, 1.54) is 0 Å². The van der Waals surface area contributed by atoms with Gasteiger partial charge in [-0.1, -0.05) is 60.7 Å². The first-order chi connectivity index (χ1) is 11.3. The quantitative estimate of drug-likeness (QED) is 0.813. The number of benzene rings is 2. The molecular formula is C20H21NO2. The molecule has 2 aromatic rings. The summed E-state index contributed by atoms with van der Waals surface area (Å²) in [6, 6.07) is 19.8. The average molecular weight is 307 g/mol. The van der Waals surface area contributed by atoms with E-state index in [1.54, 1.807) is 0 Å². The monoisotopic (exact) mass is 307 g/mol. The molecule has 1 amide bonds. The Labute approximate surface area is 136 Å². The first-order valence-corrected chi connectivity index (χ1v) is 8.13. The molecule has 1 aliphatic heterocycles. The van der Waals surface area contributed by atoms with Crippen molar-refractivity contribution >= 4 is 12.2 Å². The van der Waals surface area contributed by atoms with Crippen LogP contribution in [0.1, 0.15) is 29.9 Å². The molecule has 0 unspecified atom stereocenters. The minimum Gasteiger partial charge on any atom is -0.342 e. The van der Waals surface area contributed by atoms with Crippen LogP contribution in [0.25, 0.3) is 0 Å². The Balaban J connectivity index is 1.87. The minimum atomic E-state index is -0.273. The maximum atomic E-state index is 13.1. The van der Waals surface area contributed by atoms with Crippen LogP contribution in [0.4, 0.5) is 0 Å². The van der Waals surface area contributed by atoms with Gasteiger partial charge < -0.3 is 9.69 Å². The molecule has 0 saturated carbocycles. The predicted octanol–water partition coefficient (Wildman–Crippen LogP) is 3.26. The van der Waals surface area contributed by atoms with Crippen LogP contribution in [0.5, 0.6) is 0 Å². The van der Waals surface area contributed by atoms with E-state index in [1.807, 2.05) is 65.6 Å². The Bertz CT molecular complexity index is 606. The highest BCUT2D eigenvalue weighted by atomic mass is 16.2. The normalized spacial score (nSPS) is 15.6. The van der Waals surface area contributed by atoms with E-state index in [4.69, 9.17) is 0 Å². The first kappa shape index (κ1) is 15.5. The molecule has 0 spiro atoms. The fourth-order valence-electron chi connectivity index (χ4n) is 3.21. The number of nitrogens with zero attached hydrogens (tertiary/aromatic N) is 1. The maximum Gasteiger partial charge on any atom is 0.234 e. The van der Waals surface area contributed by atoms with Crippen molar-refractivity contribution < 1.29 is 9.59 Å². The lowest BCUT2D eigenvalue weighted by atomic mass is 9.88. The van der Waals surface area contributed by atoms with Gasteiger partial charge in [0.2, 0.25) is 5.91 Å². The van der Waals surface area contributed by atoms with Gasteiger partial charge in [-0.05, 0) is 24.0 Å². The van der Waals surface area contributed by atoms with Gasteiger partial charge in [0, 0.05) is 19.0 Å². The standard InChI is InChI=1S/C20H21NO2/c22-15-16-11-13-21(14-12-16)20(23)19(17-7-3-1-4-8-17)18-9-5-2-6-10-18/h1-10,15-16,19H,11-14H2. The van der Waals surface area contributed by atoms with Gasteiger partial charge in [-0.2, -0.15) is 0 Å². The molecule has 0 bridgehead atoms. The van der Waals surface area contributed by atoms with Gasteiger partial charge in [0.25, 0.3) is 0 Å². The van der Waals surface area contributed by atoms with Crippen LogP contribution in [0.3, 0.4) is 0 Å². The summed E-state index contributed by atoms with van der Waals surface area (Å²) >= 11 is 0. The number of amides is 1. The molecule has 3 rings (SSSR count). The molecule has 2 aromatic carbocycles. The topological polar surface area (TPSA) is 37.4 Å². The summed E-state index contributed by atoms with van der Waals surface area (Å²) in [6.45, 7) is 1.33. The first-order valence-electron chi connectivity index (χ1n) is 8.13. The molecular weight excluding hydrogens is 286 g/mol. The third-order valence-electron chi connectivity index (χ3n) is 4.56. The molecule has 0 radical (unpaired) electrons. The molecule has 23 heavy (non-hydrogen) atoms. The summed E-state index contributed by atoms with van der Waals surface area (Å²) < 4.78 is 0. The van der Waals surface area contributed by atoms with Crippen LogP contribution < -0.4 is 0 Å². The summed E-state index contributed by atoms with van der Waals surface area (Å²) in [4.78, 5) is 25.9. The summed E-state index contributed by atoms with van der Waals surface area (Å²) in [5.74, 6) is -0.0390. The van der Waals surface area contributed by atoms with E-state index in [2.05, 4.69) is 0 Å². The molecule has 0 aromatic heterocycles. The molecule has 3 heteroatoms. The van der Waals surface area contributed by atoms with Crippen molar-refractivity contribution in [2.75, 3.05) is 13.1 Å². The lowest BCUT2D eigenvalue weighted by Crippen LogP contribution is -2.41. The fraction of sp³-hybridized carbons (Fsp3) is 0.300. The van der Waals surface area contributed by atoms with E-state index in [0.29, 0.717) is 13.1 Å². The minimum absolute atomic E-state index is 0.103. The largest absolute Gasteiger partial charge is 0.342 e. The van der Waals surface area contributed by atoms with Crippen LogP contribution in [0, 0.1) is 5.92 Å². The zero-order valence-electron chi connectivity index (χ0n) is 13.1. The van der Waals surface area contributed by atoms with Gasteiger partial charge in [0.1, 0.15) is 6.29 Å². The van der Waals surface area contributed by atoms with E-state index >= 15 is 0 Å². The second kappa shape index (κ2) is 7.23. The SMILES string of the molecule is O=CC1CCN(C(=O)C(c2ccccc2)c2ccccc2)CC1. The third kappa shape index (κ3) is 3.50. The smallest absolute Gasteiger partial charge is 0.234 e. The highest BCUT2D eigenvalue weighted by molar-refractivity contribution is 5.87. The molecule has 0 aliphatic carbocycles. The Morgan fingerprint density at radius 2 is 1.39 bits per heavy atom. The van der Waals surface area contributed by atoms with Crippen molar-refractivity contribution in [3.63, 3.8) is 0 Å². The van der Waals surface area contributed by atoms with Gasteiger partial charge >= 0.3 is 0 Å². The molecule has 3 nitrogen and oxygen atoms in total. The highest BCUT2D eigenvalue weighted by Gasteiger charge is 2.30. The van der Waals surface area contributed by atoms with Gasteiger partial charge in [0.05, 0.1) is 5.92 Å². The Morgan fingerprint density at radius 3 is 1.83 bits per heavy atom. The number of aldehydes is 1. The average Bonchev–Trinajstić information content (AvgIpc) is 2.64. The van der Waals surface area contributed by atoms with Crippen molar-refractivity contribution in [3.8, 4) is 0 Å². The second-order valence-corrected chi connectivity index (χ2v) is 6.05. The van der Waals surface area contributed by atoms with Crippen molar-refractivity contribution in [2.45, 2.75) is 18.8 Å². The van der Waals surface area contributed by atoms with Crippen molar-refractivity contribution in [2.24, 2.45) is 5.92 Å². The molecule has 0 atom stereocenters. The van der Waals surface area contributed by atoms with Crippen LogP contribution in [0.2, 0.25) is 0 Å². The number of hydrogen-bond acceptors (Lipinski definition) is 2. The summed E-state index contributed by atoms with van der Waals surface area (Å²) in [5, 5.41) is 0. The summed E-state index contributed by atoms with van der Waals surface area (Å²) in [6.07, 6.45) is 2.56. The number of rotatable bonds is 4. The third-order valence-corrected chi connectivity index (χ3v) is 4.56. The van der Waals surface area contributed by atoms with Crippen molar-refractivity contribution in [3.05, 3.63) is 71.8 Å². The number of hydrogen-bond donors (Lipinski definition) is 0. The van der Waals surface area contributed by atoms with E-state index in [9.17, 15) is 9.59 Å². The zero-order chi connectivity index (χ0) is 16.1. The van der Waals surface area contributed by atoms with Gasteiger partial charge in [-0.3, -0.25) is 4.79 Å². The second-order valence-electron chi connectivity index (χ2n) is 6.05. The number of carbonyl (C=O) groups is 2. The highest BCUT2D eigenvalue weighted by Crippen LogP contribution is 2.28. The van der Waals surface area contributed by atoms with E-state index in [-0.39, 0.29) is 17.7 Å². The fourth-order valence-corrected chi connectivity index (χ4v) is 3.21. The zero-order valence-corrected chi connectivity index (χ0v) is 13.1. The Hall–Kier alpha value is -2.42. The predicted molar refractivity (Wildman–Crippen MR) is 90.1 cm³/mol. The number of carbonyl (C=O) groups excluding carboxylic acids is 2. The van der Waals surface area contributed by atoms with Crippen molar-refractivity contribution in [1.29, 1.82) is 0 Å². The molecule has 0 N–H and O–H groups in total. The van der Waals surface area contributed by atoms with Crippen LogP contribution >= 0.6 is 0 Å². The maximum absolute atomic E-state index is 13.1. The van der Waals surface area contributed by atoms with E-state index in [0.717, 1.165) is 30.3 Å². The Morgan fingerprint density at radius 1 is 0.913 bits per heavy atom. The molecule has 1 saturated heterocycles. The molecule has 1 heterocycles. The van der Waals surface area contributed by atoms with Crippen molar-refractivity contribution in [1.82, 2.24) is 4.90 Å². The lowest BCUT2D eigenvalue weighted by Gasteiger charge is -2.33. The van der Waals surface area contributed by atoms with Crippen LogP contribution in [0.15, 0.2) is 60.7 Å². The number of likely N-dealkylation sites (tertiary alicyclic amines) is 1. The van der Waals surface area contributed by atoms with Crippen LogP contribution in [-0.2, 0) is 9.59 Å². The van der Waals surface area contributed by atoms with Gasteiger partial charge in [0.15, 0.2) is 0 Å². The lowest BCUT2D eigenvalue weighted by molar-refractivity contribution is -0.134. The molecule has 1 fully saturated rings. The van der Waals surface area contributed by atoms with Gasteiger partial charge in [-0.25, -0.2) is 0 Å². The summed E-state index contributed by atoms with van der Waals surface area (Å²) in [7, 11) is 0. The summed E-state index contributed by atoms with van der Waals surface area (Å²) in [5.41, 5.74) is 2.03. The molecule has 118 valence electrons. The van der Waals surface area contributed by atoms with Crippen LogP contribution in [-0.4, -0.2) is 30.2 Å². The number of piperidine rings is 1. The molecule has 1 aliphatic rings. The van der Waals surface area contributed by atoms with E-state index < -0.39 is 0 Å². The Kier molecular flexibility index (Phi) is 4.86.